The lowest BCUT2D eigenvalue weighted by Crippen LogP contribution is -2.41. The molecule has 0 spiro atoms. The number of amides is 1. The number of hydrogen-bond donors (Lipinski definition) is 2. The Balaban J connectivity index is 1.36. The largest absolute Gasteiger partial charge is 0.444 e. The molecule has 9 heteroatoms. The van der Waals surface area contributed by atoms with Gasteiger partial charge in [0, 0.05) is 38.3 Å². The molecule has 41 heavy (non-hydrogen) atoms. The zero-order valence-corrected chi connectivity index (χ0v) is 24.5. The number of nitrogens with one attached hydrogen (secondary N) is 1. The second-order valence-corrected chi connectivity index (χ2v) is 11.7. The minimum absolute atomic E-state index is 0.107. The fourth-order valence-corrected chi connectivity index (χ4v) is 5.69. The van der Waals surface area contributed by atoms with Gasteiger partial charge >= 0.3 is 6.09 Å². The fourth-order valence-electron chi connectivity index (χ4n) is 5.19. The van der Waals surface area contributed by atoms with Crippen molar-refractivity contribution in [3.63, 3.8) is 0 Å². The zero-order chi connectivity index (χ0) is 28.7. The summed E-state index contributed by atoms with van der Waals surface area (Å²) < 4.78 is 10.9. The van der Waals surface area contributed by atoms with Crippen molar-refractivity contribution >= 4 is 23.2 Å². The summed E-state index contributed by atoms with van der Waals surface area (Å²) in [5.41, 5.74) is 10.4. The average Bonchev–Trinajstić information content (AvgIpc) is 3.53. The van der Waals surface area contributed by atoms with Crippen molar-refractivity contribution in [2.24, 2.45) is 11.7 Å². The van der Waals surface area contributed by atoms with Crippen LogP contribution in [0.5, 0.6) is 0 Å². The lowest BCUT2D eigenvalue weighted by Gasteiger charge is -2.27. The predicted octanol–water partition coefficient (Wildman–Crippen LogP) is 4.63. The highest BCUT2D eigenvalue weighted by molar-refractivity contribution is 7.09. The van der Waals surface area contributed by atoms with Crippen molar-refractivity contribution in [1.29, 1.82) is 0 Å². The van der Waals surface area contributed by atoms with Crippen LogP contribution in [0.4, 0.5) is 4.79 Å². The Hall–Kier alpha value is -3.11. The van der Waals surface area contributed by atoms with Crippen molar-refractivity contribution < 1.29 is 19.1 Å². The monoisotopic (exact) mass is 578 g/mol. The maximum absolute atomic E-state index is 13.3. The van der Waals surface area contributed by atoms with Gasteiger partial charge < -0.3 is 20.5 Å². The van der Waals surface area contributed by atoms with E-state index in [0.717, 1.165) is 62.6 Å². The smallest absolute Gasteiger partial charge is 0.407 e. The van der Waals surface area contributed by atoms with Crippen molar-refractivity contribution in [2.75, 3.05) is 32.8 Å². The van der Waals surface area contributed by atoms with Crippen LogP contribution in [-0.2, 0) is 33.7 Å². The summed E-state index contributed by atoms with van der Waals surface area (Å²) in [4.78, 5) is 33.2. The van der Waals surface area contributed by atoms with Gasteiger partial charge in [0.2, 0.25) is 0 Å². The van der Waals surface area contributed by atoms with E-state index in [2.05, 4.69) is 39.5 Å². The molecule has 220 valence electrons. The number of Topliss-reactive ketones (excluding diaryl/α,β-unsaturated/α-hetero) is 1. The first-order chi connectivity index (χ1) is 20.0. The van der Waals surface area contributed by atoms with E-state index in [1.54, 1.807) is 11.7 Å². The molecule has 0 radical (unpaired) electrons. The first-order valence-electron chi connectivity index (χ1n) is 14.5. The molecule has 2 heterocycles. The minimum atomic E-state index is -0.476. The number of ether oxygens (including phenoxy) is 2. The molecule has 0 aliphatic carbocycles. The molecule has 3 N–H and O–H groups in total. The van der Waals surface area contributed by atoms with Crippen LogP contribution in [0.25, 0.3) is 0 Å². The van der Waals surface area contributed by atoms with Crippen LogP contribution < -0.4 is 11.1 Å². The van der Waals surface area contributed by atoms with Gasteiger partial charge in [-0.05, 0) is 49.1 Å². The number of alkyl carbamates (subject to hydrolysis) is 1. The Morgan fingerprint density at radius 2 is 1.66 bits per heavy atom. The highest BCUT2D eigenvalue weighted by Crippen LogP contribution is 2.22. The van der Waals surface area contributed by atoms with Crippen molar-refractivity contribution in [1.82, 2.24) is 15.2 Å². The average molecular weight is 579 g/mol. The summed E-state index contributed by atoms with van der Waals surface area (Å²) in [6.45, 7) is 4.26. The first-order valence-corrected chi connectivity index (χ1v) is 15.4. The van der Waals surface area contributed by atoms with E-state index in [1.807, 2.05) is 36.4 Å². The Morgan fingerprint density at radius 3 is 2.32 bits per heavy atom. The molecular formula is C32H42N4O4S. The Kier molecular flexibility index (Phi) is 12.8. The van der Waals surface area contributed by atoms with E-state index in [9.17, 15) is 9.59 Å². The second-order valence-electron chi connectivity index (χ2n) is 10.7. The molecule has 1 aliphatic heterocycles. The Bertz CT molecular complexity index is 1160. The van der Waals surface area contributed by atoms with Gasteiger partial charge in [-0.25, -0.2) is 4.79 Å². The summed E-state index contributed by atoms with van der Waals surface area (Å²) in [6, 6.07) is 19.8. The molecule has 1 aliphatic rings. The zero-order valence-electron chi connectivity index (χ0n) is 23.7. The number of morpholine rings is 1. The van der Waals surface area contributed by atoms with Gasteiger partial charge in [-0.15, -0.1) is 11.3 Å². The van der Waals surface area contributed by atoms with Crippen LogP contribution in [0.1, 0.15) is 41.7 Å². The third kappa shape index (κ3) is 11.4. The third-order valence-electron chi connectivity index (χ3n) is 7.53. The van der Waals surface area contributed by atoms with Crippen LogP contribution in [0.15, 0.2) is 72.4 Å². The van der Waals surface area contributed by atoms with Crippen LogP contribution in [-0.4, -0.2) is 66.7 Å². The number of carbonyl (C=O) groups is 2. The second kappa shape index (κ2) is 17.0. The van der Waals surface area contributed by atoms with Gasteiger partial charge in [0.15, 0.2) is 0 Å². The van der Waals surface area contributed by atoms with E-state index < -0.39 is 12.1 Å². The molecule has 1 saturated heterocycles. The number of ketones is 1. The van der Waals surface area contributed by atoms with Gasteiger partial charge in [0.25, 0.3) is 0 Å². The molecule has 1 amide bonds. The third-order valence-corrected chi connectivity index (χ3v) is 8.28. The topological polar surface area (TPSA) is 107 Å². The molecule has 8 nitrogen and oxygen atoms in total. The highest BCUT2D eigenvalue weighted by Gasteiger charge is 2.23. The Morgan fingerprint density at radius 1 is 0.976 bits per heavy atom. The van der Waals surface area contributed by atoms with Crippen LogP contribution in [0.3, 0.4) is 0 Å². The molecule has 1 aromatic heterocycles. The first kappa shape index (κ1) is 30.8. The molecule has 0 unspecified atom stereocenters. The molecule has 2 aromatic carbocycles. The molecule has 4 rings (SSSR count). The SMILES string of the molecule is N[C@@H](CCN1CCOCC1)C(=O)C[C@H](CC[C@H](Cc1ccccc1)NC(=O)OCc1cncs1)Cc1ccccc1. The van der Waals surface area contributed by atoms with E-state index >= 15 is 0 Å². The number of aromatic nitrogens is 1. The van der Waals surface area contributed by atoms with Gasteiger partial charge in [0.1, 0.15) is 12.4 Å². The van der Waals surface area contributed by atoms with Gasteiger partial charge in [-0.1, -0.05) is 60.7 Å². The number of rotatable bonds is 16. The predicted molar refractivity (Wildman–Crippen MR) is 162 cm³/mol. The van der Waals surface area contributed by atoms with Gasteiger partial charge in [-0.3, -0.25) is 14.7 Å². The standard InChI is InChI=1S/C32H42N4O4S/c33-30(13-14-36-15-17-39-18-16-36)31(37)21-27(19-25-7-3-1-4-8-25)11-12-28(20-26-9-5-2-6-10-26)35-32(38)40-23-29-22-34-24-41-29/h1-10,22,24,27-28,30H,11-21,23,33H2,(H,35,38)/t27-,28-,30+/m1/s1. The van der Waals surface area contributed by atoms with Crippen LogP contribution in [0.2, 0.25) is 0 Å². The van der Waals surface area contributed by atoms with Gasteiger partial charge in [-0.2, -0.15) is 0 Å². The maximum atomic E-state index is 13.3. The summed E-state index contributed by atoms with van der Waals surface area (Å²) in [6.07, 6.45) is 5.31. The summed E-state index contributed by atoms with van der Waals surface area (Å²) in [5.74, 6) is 0.225. The van der Waals surface area contributed by atoms with E-state index in [0.29, 0.717) is 19.3 Å². The Labute approximate surface area is 247 Å². The number of nitrogens with two attached hydrogens (primary N) is 1. The lowest BCUT2D eigenvalue weighted by atomic mass is 9.86. The fraction of sp³-hybridized carbons (Fsp3) is 0.469. The van der Waals surface area contributed by atoms with E-state index in [1.165, 1.54) is 16.9 Å². The summed E-state index contributed by atoms with van der Waals surface area (Å²) in [7, 11) is 0. The molecular weight excluding hydrogens is 536 g/mol. The number of nitrogens with zero attached hydrogens (tertiary/aromatic N) is 2. The molecule has 0 saturated carbocycles. The lowest BCUT2D eigenvalue weighted by molar-refractivity contribution is -0.121. The number of thiazole rings is 1. The minimum Gasteiger partial charge on any atom is -0.444 e. The summed E-state index contributed by atoms with van der Waals surface area (Å²) >= 11 is 1.45. The summed E-state index contributed by atoms with van der Waals surface area (Å²) in [5, 5.41) is 3.08. The maximum Gasteiger partial charge on any atom is 0.407 e. The van der Waals surface area contributed by atoms with Crippen molar-refractivity contribution in [3.8, 4) is 0 Å². The highest BCUT2D eigenvalue weighted by atomic mass is 32.1. The number of benzene rings is 2. The van der Waals surface area contributed by atoms with E-state index in [-0.39, 0.29) is 24.3 Å². The van der Waals surface area contributed by atoms with Crippen molar-refractivity contribution in [3.05, 3.63) is 88.4 Å². The molecule has 1 fully saturated rings. The number of hydrogen-bond acceptors (Lipinski definition) is 8. The van der Waals surface area contributed by atoms with Crippen molar-refractivity contribution in [2.45, 2.75) is 57.2 Å². The molecule has 3 atom stereocenters. The quantitative estimate of drug-likeness (QED) is 0.255. The van der Waals surface area contributed by atoms with Crippen LogP contribution in [0, 0.1) is 5.92 Å². The normalized spacial score (nSPS) is 16.0. The molecule has 3 aromatic rings. The molecule has 0 bridgehead atoms. The van der Waals surface area contributed by atoms with E-state index in [4.69, 9.17) is 15.2 Å². The van der Waals surface area contributed by atoms with Gasteiger partial charge in [0.05, 0.1) is 29.6 Å². The van der Waals surface area contributed by atoms with Crippen LogP contribution >= 0.6 is 11.3 Å². The number of carbonyl (C=O) groups excluding carboxylic acids is 2.